The van der Waals surface area contributed by atoms with Crippen LogP contribution in [0.3, 0.4) is 0 Å². The van der Waals surface area contributed by atoms with Crippen molar-refractivity contribution in [3.8, 4) is 0 Å². The molecule has 2 saturated carbocycles. The Kier molecular flexibility index (Phi) is 3.93. The Labute approximate surface area is 116 Å². The van der Waals surface area contributed by atoms with Crippen molar-refractivity contribution >= 4 is 18.3 Å². The van der Waals surface area contributed by atoms with E-state index in [1.165, 1.54) is 25.7 Å². The summed E-state index contributed by atoms with van der Waals surface area (Å²) in [7, 11) is 0. The molecule has 0 bridgehead atoms. The summed E-state index contributed by atoms with van der Waals surface area (Å²) < 4.78 is 0. The summed E-state index contributed by atoms with van der Waals surface area (Å²) in [5.74, 6) is 2.30. The maximum Gasteiger partial charge on any atom is 0.226 e. The second-order valence-corrected chi connectivity index (χ2v) is 6.66. The lowest BCUT2D eigenvalue weighted by molar-refractivity contribution is -0.132. The van der Waals surface area contributed by atoms with Gasteiger partial charge in [-0.1, -0.05) is 19.8 Å². The van der Waals surface area contributed by atoms with Crippen LogP contribution in [-0.2, 0) is 4.79 Å². The van der Waals surface area contributed by atoms with Crippen molar-refractivity contribution in [2.75, 3.05) is 19.6 Å². The summed E-state index contributed by atoms with van der Waals surface area (Å²) in [5.41, 5.74) is 5.98. The molecule has 3 atom stereocenters. The van der Waals surface area contributed by atoms with Crippen LogP contribution in [0.4, 0.5) is 0 Å². The molecule has 0 aromatic heterocycles. The number of carbonyl (C=O) groups is 1. The van der Waals surface area contributed by atoms with Gasteiger partial charge in [0.25, 0.3) is 0 Å². The Balaban J connectivity index is 0.00000120. The van der Waals surface area contributed by atoms with Crippen LogP contribution in [0.1, 0.15) is 39.0 Å². The average Bonchev–Trinajstić information content (AvgIpc) is 2.95. The molecule has 3 unspecified atom stereocenters. The first kappa shape index (κ1) is 14.1. The predicted molar refractivity (Wildman–Crippen MR) is 74.5 cm³/mol. The molecule has 104 valence electrons. The lowest BCUT2D eigenvalue weighted by Crippen LogP contribution is -2.35. The quantitative estimate of drug-likeness (QED) is 0.836. The third-order valence-corrected chi connectivity index (χ3v) is 5.30. The van der Waals surface area contributed by atoms with Crippen molar-refractivity contribution in [2.24, 2.45) is 28.9 Å². The van der Waals surface area contributed by atoms with Crippen LogP contribution in [0.15, 0.2) is 0 Å². The molecule has 1 heterocycles. The highest BCUT2D eigenvalue weighted by molar-refractivity contribution is 5.85. The molecule has 18 heavy (non-hydrogen) atoms. The van der Waals surface area contributed by atoms with Crippen molar-refractivity contribution in [3.05, 3.63) is 0 Å². The van der Waals surface area contributed by atoms with Gasteiger partial charge in [-0.2, -0.15) is 0 Å². The number of hydrogen-bond donors (Lipinski definition) is 1. The average molecular weight is 273 g/mol. The van der Waals surface area contributed by atoms with Gasteiger partial charge >= 0.3 is 0 Å². The number of carbonyl (C=O) groups excluding carboxylic acids is 1. The van der Waals surface area contributed by atoms with Crippen LogP contribution in [0, 0.1) is 23.2 Å². The SMILES string of the molecule is CC1(CN)CCN(C(=O)C2C3CCCCC32)C1.Cl. The monoisotopic (exact) mass is 272 g/mol. The van der Waals surface area contributed by atoms with Gasteiger partial charge in [-0.05, 0) is 43.1 Å². The third kappa shape index (κ3) is 2.27. The molecule has 4 heteroatoms. The first-order chi connectivity index (χ1) is 8.14. The van der Waals surface area contributed by atoms with E-state index in [1.54, 1.807) is 0 Å². The van der Waals surface area contributed by atoms with Crippen LogP contribution < -0.4 is 5.73 Å². The molecule has 1 amide bonds. The Hall–Kier alpha value is -0.280. The molecule has 0 spiro atoms. The second kappa shape index (κ2) is 5.01. The minimum Gasteiger partial charge on any atom is -0.342 e. The molecular formula is C14H25ClN2O. The molecule has 3 nitrogen and oxygen atoms in total. The lowest BCUT2D eigenvalue weighted by Gasteiger charge is -2.22. The summed E-state index contributed by atoms with van der Waals surface area (Å²) in [5, 5.41) is 0. The molecule has 0 aromatic rings. The fourth-order valence-electron chi connectivity index (χ4n) is 3.95. The standard InChI is InChI=1S/C14H24N2O.ClH/c1-14(8-15)6-7-16(9-14)13(17)12-10-4-2-3-5-11(10)12;/h10-12H,2-9,15H2,1H3;1H. The smallest absolute Gasteiger partial charge is 0.226 e. The van der Waals surface area contributed by atoms with E-state index >= 15 is 0 Å². The van der Waals surface area contributed by atoms with Crippen LogP contribution in [-0.4, -0.2) is 30.4 Å². The van der Waals surface area contributed by atoms with Gasteiger partial charge in [0.2, 0.25) is 5.91 Å². The number of likely N-dealkylation sites (tertiary alicyclic amines) is 1. The zero-order chi connectivity index (χ0) is 12.0. The Morgan fingerprint density at radius 1 is 1.33 bits per heavy atom. The van der Waals surface area contributed by atoms with Crippen molar-refractivity contribution < 1.29 is 4.79 Å². The predicted octanol–water partition coefficient (Wildman–Crippen LogP) is 2.04. The molecule has 3 aliphatic rings. The zero-order valence-corrected chi connectivity index (χ0v) is 12.0. The van der Waals surface area contributed by atoms with E-state index in [4.69, 9.17) is 5.73 Å². The summed E-state index contributed by atoms with van der Waals surface area (Å²) in [6, 6.07) is 0. The molecule has 3 fully saturated rings. The molecule has 1 aliphatic heterocycles. The van der Waals surface area contributed by atoms with Gasteiger partial charge in [0.1, 0.15) is 0 Å². The van der Waals surface area contributed by atoms with Crippen molar-refractivity contribution in [2.45, 2.75) is 39.0 Å². The maximum atomic E-state index is 12.5. The topological polar surface area (TPSA) is 46.3 Å². The van der Waals surface area contributed by atoms with Gasteiger partial charge in [-0.25, -0.2) is 0 Å². The Morgan fingerprint density at radius 2 is 1.94 bits per heavy atom. The van der Waals surface area contributed by atoms with Gasteiger partial charge in [-0.15, -0.1) is 12.4 Å². The first-order valence-corrected chi connectivity index (χ1v) is 7.13. The minimum atomic E-state index is 0. The number of nitrogens with zero attached hydrogens (tertiary/aromatic N) is 1. The molecular weight excluding hydrogens is 248 g/mol. The third-order valence-electron chi connectivity index (χ3n) is 5.30. The van der Waals surface area contributed by atoms with Gasteiger partial charge in [0, 0.05) is 19.0 Å². The Morgan fingerprint density at radius 3 is 2.44 bits per heavy atom. The van der Waals surface area contributed by atoms with Gasteiger partial charge < -0.3 is 10.6 Å². The van der Waals surface area contributed by atoms with Gasteiger partial charge in [0.05, 0.1) is 0 Å². The highest BCUT2D eigenvalue weighted by Gasteiger charge is 2.56. The van der Waals surface area contributed by atoms with Crippen LogP contribution in [0.5, 0.6) is 0 Å². The highest BCUT2D eigenvalue weighted by Crippen LogP contribution is 2.56. The van der Waals surface area contributed by atoms with Crippen molar-refractivity contribution in [1.82, 2.24) is 4.90 Å². The van der Waals surface area contributed by atoms with Crippen molar-refractivity contribution in [3.63, 3.8) is 0 Å². The van der Waals surface area contributed by atoms with Crippen molar-refractivity contribution in [1.29, 1.82) is 0 Å². The first-order valence-electron chi connectivity index (χ1n) is 7.13. The van der Waals surface area contributed by atoms with Crippen LogP contribution >= 0.6 is 12.4 Å². The van der Waals surface area contributed by atoms with Crippen LogP contribution in [0.2, 0.25) is 0 Å². The van der Waals surface area contributed by atoms with E-state index in [1.807, 2.05) is 0 Å². The summed E-state index contributed by atoms with van der Waals surface area (Å²) >= 11 is 0. The molecule has 1 saturated heterocycles. The highest BCUT2D eigenvalue weighted by atomic mass is 35.5. The minimum absolute atomic E-state index is 0. The summed E-state index contributed by atoms with van der Waals surface area (Å²) in [6.45, 7) is 4.73. The maximum absolute atomic E-state index is 12.5. The lowest BCUT2D eigenvalue weighted by atomic mass is 9.90. The number of fused-ring (bicyclic) bond motifs is 1. The van der Waals surface area contributed by atoms with E-state index in [-0.39, 0.29) is 17.8 Å². The molecule has 0 aromatic carbocycles. The number of nitrogens with two attached hydrogens (primary N) is 1. The fraction of sp³-hybridized carbons (Fsp3) is 0.929. The Bertz CT molecular complexity index is 324. The van der Waals surface area contributed by atoms with Crippen LogP contribution in [0.25, 0.3) is 0 Å². The van der Waals surface area contributed by atoms with Gasteiger partial charge in [0.15, 0.2) is 0 Å². The molecule has 2 aliphatic carbocycles. The number of rotatable bonds is 2. The molecule has 2 N–H and O–H groups in total. The van der Waals surface area contributed by atoms with E-state index in [0.717, 1.165) is 31.3 Å². The molecule has 3 rings (SSSR count). The number of halogens is 1. The summed E-state index contributed by atoms with van der Waals surface area (Å²) in [6.07, 6.45) is 6.35. The van der Waals surface area contributed by atoms with E-state index < -0.39 is 0 Å². The fourth-order valence-corrected chi connectivity index (χ4v) is 3.95. The largest absolute Gasteiger partial charge is 0.342 e. The second-order valence-electron chi connectivity index (χ2n) is 6.66. The zero-order valence-electron chi connectivity index (χ0n) is 11.2. The van der Waals surface area contributed by atoms with E-state index in [9.17, 15) is 4.79 Å². The van der Waals surface area contributed by atoms with E-state index in [2.05, 4.69) is 11.8 Å². The van der Waals surface area contributed by atoms with Gasteiger partial charge in [-0.3, -0.25) is 4.79 Å². The molecule has 0 radical (unpaired) electrons. The summed E-state index contributed by atoms with van der Waals surface area (Å²) in [4.78, 5) is 14.6. The normalized spacial score (nSPS) is 42.1. The van der Waals surface area contributed by atoms with E-state index in [0.29, 0.717) is 18.4 Å². The number of hydrogen-bond acceptors (Lipinski definition) is 2. The number of amides is 1.